The highest BCUT2D eigenvalue weighted by atomic mass is 14.2. The van der Waals surface area contributed by atoms with Crippen LogP contribution in [0.25, 0.3) is 0 Å². The molecule has 1 radical (unpaired) electrons. The van der Waals surface area contributed by atoms with Crippen LogP contribution in [-0.2, 0) is 0 Å². The summed E-state index contributed by atoms with van der Waals surface area (Å²) < 4.78 is 0. The lowest BCUT2D eigenvalue weighted by atomic mass is 9.88. The summed E-state index contributed by atoms with van der Waals surface area (Å²) in [5.74, 6) is 1.68. The van der Waals surface area contributed by atoms with Crippen LogP contribution in [0.2, 0.25) is 0 Å². The first kappa shape index (κ1) is 16.0. The molecule has 16 heavy (non-hydrogen) atoms. The molecule has 0 heteroatoms. The summed E-state index contributed by atoms with van der Waals surface area (Å²) in [5, 5.41) is 0. The summed E-state index contributed by atoms with van der Waals surface area (Å²) in [5.41, 5.74) is 0. The van der Waals surface area contributed by atoms with E-state index in [1.807, 2.05) is 0 Å². The van der Waals surface area contributed by atoms with Gasteiger partial charge in [-0.3, -0.25) is 0 Å². The largest absolute Gasteiger partial charge is 0.0654 e. The lowest BCUT2D eigenvalue weighted by Crippen LogP contribution is -2.07. The van der Waals surface area contributed by atoms with Crippen LogP contribution in [0, 0.1) is 18.8 Å². The van der Waals surface area contributed by atoms with Gasteiger partial charge in [-0.15, -0.1) is 0 Å². The van der Waals surface area contributed by atoms with Crippen molar-refractivity contribution in [1.82, 2.24) is 0 Å². The topological polar surface area (TPSA) is 0 Å². The van der Waals surface area contributed by atoms with Gasteiger partial charge >= 0.3 is 0 Å². The van der Waals surface area contributed by atoms with Gasteiger partial charge in [0.25, 0.3) is 0 Å². The smallest absolute Gasteiger partial charge is 0.0391 e. The van der Waals surface area contributed by atoms with Gasteiger partial charge in [0.1, 0.15) is 0 Å². The molecule has 0 aromatic carbocycles. The Kier molecular flexibility index (Phi) is 11.5. The van der Waals surface area contributed by atoms with Crippen molar-refractivity contribution >= 4 is 0 Å². The molecule has 0 amide bonds. The molecule has 0 aliphatic rings. The molecule has 0 N–H and O–H groups in total. The fraction of sp³-hybridized carbons (Fsp3) is 0.938. The van der Waals surface area contributed by atoms with E-state index in [2.05, 4.69) is 27.7 Å². The highest BCUT2D eigenvalue weighted by Gasteiger charge is 2.09. The predicted molar refractivity (Wildman–Crippen MR) is 75.5 cm³/mol. The standard InChI is InChI=1S/C16H33/c1-5-7-8-9-10-11-12-13-14-16(6-2)15(3)4/h15-16H,2,5-14H2,1,3-4H3. The summed E-state index contributed by atoms with van der Waals surface area (Å²) in [6.07, 6.45) is 14.0. The van der Waals surface area contributed by atoms with Crippen LogP contribution in [0.3, 0.4) is 0 Å². The molecule has 0 rings (SSSR count). The molecular weight excluding hydrogens is 192 g/mol. The van der Waals surface area contributed by atoms with E-state index >= 15 is 0 Å². The fourth-order valence-electron chi connectivity index (χ4n) is 2.35. The van der Waals surface area contributed by atoms with E-state index in [0.717, 1.165) is 18.3 Å². The van der Waals surface area contributed by atoms with Crippen LogP contribution in [0.1, 0.15) is 85.0 Å². The molecular formula is C16H33. The highest BCUT2D eigenvalue weighted by molar-refractivity contribution is 4.64. The molecule has 0 nitrogen and oxygen atoms in total. The van der Waals surface area contributed by atoms with Crippen LogP contribution in [0.5, 0.6) is 0 Å². The Labute approximate surface area is 104 Å². The van der Waals surface area contributed by atoms with Crippen molar-refractivity contribution in [2.45, 2.75) is 85.0 Å². The molecule has 0 spiro atoms. The summed E-state index contributed by atoms with van der Waals surface area (Å²) in [6, 6.07) is 0. The predicted octanol–water partition coefficient (Wildman–Crippen LogP) is 6.01. The molecule has 97 valence electrons. The summed E-state index contributed by atoms with van der Waals surface area (Å²) in [7, 11) is 0. The van der Waals surface area contributed by atoms with Crippen molar-refractivity contribution < 1.29 is 0 Å². The van der Waals surface area contributed by atoms with Gasteiger partial charge in [0, 0.05) is 0 Å². The van der Waals surface area contributed by atoms with Gasteiger partial charge in [0.15, 0.2) is 0 Å². The molecule has 1 unspecified atom stereocenters. The summed E-state index contributed by atoms with van der Waals surface area (Å²) in [6.45, 7) is 11.0. The second-order valence-electron chi connectivity index (χ2n) is 5.56. The minimum atomic E-state index is 0.821. The van der Waals surface area contributed by atoms with E-state index in [4.69, 9.17) is 0 Å². The SMILES string of the molecule is [CH2]CC(CCCCCCCCCC)C(C)C. The van der Waals surface area contributed by atoms with Gasteiger partial charge in [-0.2, -0.15) is 0 Å². The second kappa shape index (κ2) is 11.5. The zero-order valence-corrected chi connectivity index (χ0v) is 11.9. The fourth-order valence-corrected chi connectivity index (χ4v) is 2.35. The van der Waals surface area contributed by atoms with Crippen molar-refractivity contribution in [2.75, 3.05) is 0 Å². The average Bonchev–Trinajstić information content (AvgIpc) is 2.26. The van der Waals surface area contributed by atoms with Crippen LogP contribution >= 0.6 is 0 Å². The maximum absolute atomic E-state index is 4.06. The minimum absolute atomic E-state index is 0.821. The van der Waals surface area contributed by atoms with E-state index < -0.39 is 0 Å². The van der Waals surface area contributed by atoms with Gasteiger partial charge in [0.05, 0.1) is 0 Å². The Balaban J connectivity index is 3.19. The molecule has 0 aromatic rings. The summed E-state index contributed by atoms with van der Waals surface area (Å²) >= 11 is 0. The van der Waals surface area contributed by atoms with Crippen molar-refractivity contribution in [3.05, 3.63) is 6.92 Å². The molecule has 0 bridgehead atoms. The van der Waals surface area contributed by atoms with Gasteiger partial charge in [0.2, 0.25) is 0 Å². The van der Waals surface area contributed by atoms with Gasteiger partial charge in [-0.25, -0.2) is 0 Å². The number of hydrogen-bond acceptors (Lipinski definition) is 0. The Hall–Kier alpha value is 0. The van der Waals surface area contributed by atoms with Crippen LogP contribution in [0.4, 0.5) is 0 Å². The molecule has 0 fully saturated rings. The molecule has 0 heterocycles. The zero-order valence-electron chi connectivity index (χ0n) is 11.9. The third kappa shape index (κ3) is 9.24. The molecule has 0 saturated carbocycles. The monoisotopic (exact) mass is 225 g/mol. The first-order valence-corrected chi connectivity index (χ1v) is 7.51. The van der Waals surface area contributed by atoms with E-state index in [0.29, 0.717) is 0 Å². The Morgan fingerprint density at radius 2 is 1.31 bits per heavy atom. The zero-order chi connectivity index (χ0) is 12.2. The van der Waals surface area contributed by atoms with Crippen molar-refractivity contribution in [2.24, 2.45) is 11.8 Å². The highest BCUT2D eigenvalue weighted by Crippen LogP contribution is 2.22. The van der Waals surface area contributed by atoms with Crippen LogP contribution in [-0.4, -0.2) is 0 Å². The third-order valence-electron chi connectivity index (χ3n) is 3.74. The molecule has 0 aromatic heterocycles. The lowest BCUT2D eigenvalue weighted by Gasteiger charge is -2.18. The number of hydrogen-bond donors (Lipinski definition) is 0. The third-order valence-corrected chi connectivity index (χ3v) is 3.74. The quantitative estimate of drug-likeness (QED) is 0.377. The lowest BCUT2D eigenvalue weighted by molar-refractivity contribution is 0.347. The van der Waals surface area contributed by atoms with E-state index in [1.54, 1.807) is 0 Å². The second-order valence-corrected chi connectivity index (χ2v) is 5.56. The van der Waals surface area contributed by atoms with E-state index in [1.165, 1.54) is 57.8 Å². The molecule has 0 aliphatic heterocycles. The maximum Gasteiger partial charge on any atom is -0.0391 e. The number of rotatable bonds is 11. The first-order valence-electron chi connectivity index (χ1n) is 7.51. The average molecular weight is 225 g/mol. The summed E-state index contributed by atoms with van der Waals surface area (Å²) in [4.78, 5) is 0. The minimum Gasteiger partial charge on any atom is -0.0654 e. The van der Waals surface area contributed by atoms with E-state index in [-0.39, 0.29) is 0 Å². The van der Waals surface area contributed by atoms with Gasteiger partial charge in [-0.1, -0.05) is 91.9 Å². The van der Waals surface area contributed by atoms with E-state index in [9.17, 15) is 0 Å². The molecule has 0 aliphatic carbocycles. The number of unbranched alkanes of at least 4 members (excludes halogenated alkanes) is 7. The molecule has 1 atom stereocenters. The van der Waals surface area contributed by atoms with Gasteiger partial charge in [-0.05, 0) is 11.8 Å². The van der Waals surface area contributed by atoms with Crippen LogP contribution in [0.15, 0.2) is 0 Å². The Morgan fingerprint density at radius 1 is 0.812 bits per heavy atom. The van der Waals surface area contributed by atoms with Crippen molar-refractivity contribution in [3.63, 3.8) is 0 Å². The normalized spacial score (nSPS) is 13.3. The first-order chi connectivity index (χ1) is 7.72. The van der Waals surface area contributed by atoms with Crippen molar-refractivity contribution in [3.8, 4) is 0 Å². The Bertz CT molecular complexity index is 126. The maximum atomic E-state index is 4.06. The van der Waals surface area contributed by atoms with Crippen molar-refractivity contribution in [1.29, 1.82) is 0 Å². The Morgan fingerprint density at radius 3 is 1.75 bits per heavy atom. The molecule has 0 saturated heterocycles. The van der Waals surface area contributed by atoms with Crippen LogP contribution < -0.4 is 0 Å². The van der Waals surface area contributed by atoms with Gasteiger partial charge < -0.3 is 0 Å².